The van der Waals surface area contributed by atoms with Crippen molar-refractivity contribution in [3.05, 3.63) is 23.5 Å². The second-order valence-electron chi connectivity index (χ2n) is 7.00. The molecule has 0 aliphatic carbocycles. The van der Waals surface area contributed by atoms with E-state index in [-0.39, 0.29) is 5.92 Å². The molecule has 2 unspecified atom stereocenters. The van der Waals surface area contributed by atoms with Gasteiger partial charge in [-0.15, -0.1) is 0 Å². The van der Waals surface area contributed by atoms with Gasteiger partial charge in [0.2, 0.25) is 10.5 Å². The lowest BCUT2D eigenvalue weighted by Crippen LogP contribution is -2.60. The van der Waals surface area contributed by atoms with Crippen LogP contribution < -0.4 is 4.90 Å². The van der Waals surface area contributed by atoms with Crippen molar-refractivity contribution in [3.8, 4) is 0 Å². The minimum Gasteiger partial charge on any atom is -0.443 e. The second kappa shape index (κ2) is 5.66. The molecular weight excluding hydrogens is 296 g/mol. The molecule has 1 amide bonds. The van der Waals surface area contributed by atoms with Gasteiger partial charge in [-0.05, 0) is 52.7 Å². The van der Waals surface area contributed by atoms with E-state index in [1.54, 1.807) is 11.1 Å². The van der Waals surface area contributed by atoms with Crippen molar-refractivity contribution in [2.75, 3.05) is 4.90 Å². The Bertz CT molecular complexity index is 585. The van der Waals surface area contributed by atoms with Gasteiger partial charge in [-0.1, -0.05) is 6.92 Å². The van der Waals surface area contributed by atoms with Crippen LogP contribution >= 0.6 is 0 Å². The highest BCUT2D eigenvalue weighted by Crippen LogP contribution is 2.42. The average Bonchev–Trinajstić information content (AvgIpc) is 2.39. The average molecular weight is 319 g/mol. The summed E-state index contributed by atoms with van der Waals surface area (Å²) in [6, 6.07) is 1.89. The van der Waals surface area contributed by atoms with Crippen molar-refractivity contribution in [3.63, 3.8) is 0 Å². The molecule has 6 heteroatoms. The predicted octanol–water partition coefficient (Wildman–Crippen LogP) is 3.14. The van der Waals surface area contributed by atoms with Gasteiger partial charge in [-0.3, -0.25) is 4.98 Å². The van der Waals surface area contributed by atoms with Crippen LogP contribution in [0, 0.1) is 12.8 Å². The van der Waals surface area contributed by atoms with E-state index in [1.165, 1.54) is 0 Å². The molecule has 1 aromatic heterocycles. The van der Waals surface area contributed by atoms with Crippen molar-refractivity contribution in [1.29, 1.82) is 0 Å². The molecule has 0 spiro atoms. The minimum atomic E-state index is -0.847. The second-order valence-corrected chi connectivity index (χ2v) is 7.20. The van der Waals surface area contributed by atoms with Gasteiger partial charge in [0.05, 0.1) is 11.4 Å². The molecule has 2 rings (SSSR count). The van der Waals surface area contributed by atoms with Crippen LogP contribution in [0.1, 0.15) is 45.9 Å². The Morgan fingerprint density at radius 2 is 2.14 bits per heavy atom. The van der Waals surface area contributed by atoms with Crippen molar-refractivity contribution < 1.29 is 14.0 Å². The van der Waals surface area contributed by atoms with Gasteiger partial charge in [0.15, 0.2) is 0 Å². The fraction of sp³-hybridized carbons (Fsp3) is 0.625. The maximum absolute atomic E-state index is 12.8. The quantitative estimate of drug-likeness (QED) is 0.746. The number of hydrogen-bond acceptors (Lipinski definition) is 4. The summed E-state index contributed by atoms with van der Waals surface area (Å²) in [4.78, 5) is 18.8. The van der Waals surface area contributed by atoms with Gasteiger partial charge < -0.3 is 9.16 Å². The van der Waals surface area contributed by atoms with E-state index < -0.39 is 17.4 Å². The highest BCUT2D eigenvalue weighted by molar-refractivity contribution is 6.00. The molecule has 3 radical (unpaired) electrons. The van der Waals surface area contributed by atoms with Crippen molar-refractivity contribution in [1.82, 2.24) is 4.98 Å². The number of pyridine rings is 1. The van der Waals surface area contributed by atoms with Gasteiger partial charge in [0.25, 0.3) is 0 Å². The maximum atomic E-state index is 12.8. The Morgan fingerprint density at radius 1 is 1.50 bits per heavy atom. The third-order valence-electron chi connectivity index (χ3n) is 4.07. The third kappa shape index (κ3) is 2.90. The smallest absolute Gasteiger partial charge is 0.417 e. The Balaban J connectivity index is 2.57. The lowest BCUT2D eigenvalue weighted by Gasteiger charge is -2.48. The minimum absolute atomic E-state index is 0.0549. The Morgan fingerprint density at radius 3 is 2.68 bits per heavy atom. The van der Waals surface area contributed by atoms with Crippen LogP contribution in [-0.2, 0) is 15.6 Å². The number of ether oxygens (including phenoxy) is 1. The molecule has 1 aliphatic heterocycles. The van der Waals surface area contributed by atoms with Crippen LogP contribution in [0.2, 0.25) is 0 Å². The number of hydrogen-bond donors (Lipinski definition) is 0. The first-order valence-electron chi connectivity index (χ1n) is 7.42. The Hall–Kier alpha value is -1.40. The summed E-state index contributed by atoms with van der Waals surface area (Å²) in [7, 11) is 3.16. The summed E-state index contributed by atoms with van der Waals surface area (Å²) in [5.41, 5.74) is 1.20. The molecule has 0 N–H and O–H groups in total. The Labute approximate surface area is 135 Å². The zero-order chi connectivity index (χ0) is 16.7. The van der Waals surface area contributed by atoms with Gasteiger partial charge in [0.1, 0.15) is 11.3 Å². The number of nitrogens with zero attached hydrogens (tertiary/aromatic N) is 2. The molecule has 0 aromatic carbocycles. The first kappa shape index (κ1) is 17.0. The van der Waals surface area contributed by atoms with E-state index in [0.29, 0.717) is 0 Å². The molecule has 2 heterocycles. The molecule has 0 saturated carbocycles. The largest absolute Gasteiger partial charge is 0.443 e. The number of aromatic nitrogens is 1. The zero-order valence-corrected chi connectivity index (χ0v) is 15.1. The van der Waals surface area contributed by atoms with Crippen molar-refractivity contribution >= 4 is 22.3 Å². The summed E-state index contributed by atoms with van der Waals surface area (Å²) in [5, 5.41) is 0. The van der Waals surface area contributed by atoms with Crippen LogP contribution in [0.5, 0.6) is 0 Å². The molecule has 1 aromatic rings. The number of rotatable bonds is 1. The SMILES string of the molecule is Cc1ccnc2c1N(C(=O)OC(C)(C)C)C(C)(O[Si])C(C)C2. The molecule has 0 bridgehead atoms. The van der Waals surface area contributed by atoms with Crippen LogP contribution in [0.3, 0.4) is 0 Å². The van der Waals surface area contributed by atoms with Gasteiger partial charge in [-0.2, -0.15) is 0 Å². The van der Waals surface area contributed by atoms with Gasteiger partial charge >= 0.3 is 6.09 Å². The lowest BCUT2D eigenvalue weighted by atomic mass is 9.86. The van der Waals surface area contributed by atoms with E-state index >= 15 is 0 Å². The summed E-state index contributed by atoms with van der Waals surface area (Å²) in [6.07, 6.45) is 2.07. The maximum Gasteiger partial charge on any atom is 0.417 e. The monoisotopic (exact) mass is 319 g/mol. The fourth-order valence-corrected chi connectivity index (χ4v) is 3.00. The summed E-state index contributed by atoms with van der Waals surface area (Å²) >= 11 is 0. The van der Waals surface area contributed by atoms with Crippen LogP contribution in [0.25, 0.3) is 0 Å². The van der Waals surface area contributed by atoms with E-state index in [0.717, 1.165) is 23.4 Å². The first-order chi connectivity index (χ1) is 10.1. The van der Waals surface area contributed by atoms with Gasteiger partial charge in [-0.25, -0.2) is 9.69 Å². The fourth-order valence-electron chi connectivity index (χ4n) is 2.71. The van der Waals surface area contributed by atoms with Crippen LogP contribution in [-0.4, -0.2) is 32.9 Å². The molecule has 2 atom stereocenters. The standard InChI is InChI=1S/C16H23N2O3Si/c1-10-7-8-17-12-9-11(2)16(6,21-22)18(13(10)12)14(19)20-15(3,4)5/h7-8,11H,9H2,1-6H3. The molecule has 5 nitrogen and oxygen atoms in total. The number of carbonyl (C=O) groups is 1. The lowest BCUT2D eigenvalue weighted by molar-refractivity contribution is 0.00675. The number of fused-ring (bicyclic) bond motifs is 1. The third-order valence-corrected chi connectivity index (χ3v) is 4.48. The highest BCUT2D eigenvalue weighted by Gasteiger charge is 2.48. The summed E-state index contributed by atoms with van der Waals surface area (Å²) in [6.45, 7) is 11.4. The molecule has 0 saturated heterocycles. The van der Waals surface area contributed by atoms with Crippen LogP contribution in [0.4, 0.5) is 10.5 Å². The number of anilines is 1. The van der Waals surface area contributed by atoms with E-state index in [9.17, 15) is 4.79 Å². The Kier molecular flexibility index (Phi) is 4.36. The summed E-state index contributed by atoms with van der Waals surface area (Å²) < 4.78 is 11.1. The molecule has 22 heavy (non-hydrogen) atoms. The summed E-state index contributed by atoms with van der Waals surface area (Å²) in [5.74, 6) is 0.0549. The zero-order valence-electron chi connectivity index (χ0n) is 14.1. The number of amides is 1. The topological polar surface area (TPSA) is 51.7 Å². The molecule has 119 valence electrons. The molecule has 0 fully saturated rings. The molecular formula is C16H23N2O3Si. The molecule has 1 aliphatic rings. The predicted molar refractivity (Wildman–Crippen MR) is 85.8 cm³/mol. The number of aryl methyl sites for hydroxylation is 1. The first-order valence-corrected chi connectivity index (χ1v) is 7.83. The normalized spacial score (nSPS) is 24.9. The number of carbonyl (C=O) groups excluding carboxylic acids is 1. The van der Waals surface area contributed by atoms with Crippen molar-refractivity contribution in [2.24, 2.45) is 5.92 Å². The van der Waals surface area contributed by atoms with Crippen molar-refractivity contribution in [2.45, 2.75) is 59.3 Å². The highest BCUT2D eigenvalue weighted by atomic mass is 28.2. The van der Waals surface area contributed by atoms with E-state index in [2.05, 4.69) is 15.5 Å². The van der Waals surface area contributed by atoms with Crippen LogP contribution in [0.15, 0.2) is 12.3 Å². The van der Waals surface area contributed by atoms with E-state index in [4.69, 9.17) is 9.16 Å². The van der Waals surface area contributed by atoms with Gasteiger partial charge in [0, 0.05) is 12.1 Å². The van der Waals surface area contributed by atoms with E-state index in [1.807, 2.05) is 47.6 Å².